The Balaban J connectivity index is 1.53. The summed E-state index contributed by atoms with van der Waals surface area (Å²) in [5.41, 5.74) is 0.298. The second-order valence-electron chi connectivity index (χ2n) is 9.13. The van der Waals surface area contributed by atoms with Crippen LogP contribution in [0.25, 0.3) is 0 Å². The molecule has 124 valence electrons. The molecule has 4 aliphatic carbocycles. The van der Waals surface area contributed by atoms with E-state index in [9.17, 15) is 9.18 Å². The monoisotopic (exact) mass is 306 g/mol. The van der Waals surface area contributed by atoms with Gasteiger partial charge in [-0.15, -0.1) is 0 Å². The lowest BCUT2D eigenvalue weighted by Crippen LogP contribution is -2.48. The van der Waals surface area contributed by atoms with Crippen LogP contribution in [0.4, 0.5) is 4.39 Å². The lowest BCUT2D eigenvalue weighted by atomic mass is 9.49. The number of carbonyl (C=O) groups excluding carboxylic acids is 1. The summed E-state index contributed by atoms with van der Waals surface area (Å²) in [7, 11) is 0. The fraction of sp³-hybridized carbons (Fsp3) is 0.950. The lowest BCUT2D eigenvalue weighted by molar-refractivity contribution is -0.118. The highest BCUT2D eigenvalue weighted by atomic mass is 19.1. The van der Waals surface area contributed by atoms with Crippen LogP contribution in [0.5, 0.6) is 0 Å². The molecule has 0 saturated heterocycles. The predicted octanol–water partition coefficient (Wildman–Crippen LogP) is 5.04. The number of hydrogen-bond acceptors (Lipinski definition) is 1. The van der Waals surface area contributed by atoms with Gasteiger partial charge in [-0.3, -0.25) is 4.39 Å². The van der Waals surface area contributed by atoms with Crippen molar-refractivity contribution < 1.29 is 9.18 Å². The number of hydrogen-bond donors (Lipinski definition) is 0. The molecule has 0 N–H and O–H groups in total. The van der Waals surface area contributed by atoms with E-state index in [2.05, 4.69) is 6.92 Å². The fourth-order valence-electron chi connectivity index (χ4n) is 7.35. The summed E-state index contributed by atoms with van der Waals surface area (Å²) >= 11 is 0. The van der Waals surface area contributed by atoms with Crippen molar-refractivity contribution in [3.8, 4) is 0 Å². The molecule has 4 aliphatic rings. The number of halogens is 1. The minimum Gasteiger partial charge on any atom is -0.303 e. The van der Waals surface area contributed by atoms with Crippen molar-refractivity contribution in [2.45, 2.75) is 64.7 Å². The molecule has 0 aromatic rings. The smallest absolute Gasteiger partial charge is 0.123 e. The molecule has 4 rings (SSSR count). The Labute approximate surface area is 134 Å². The molecule has 0 aromatic heterocycles. The zero-order chi connectivity index (χ0) is 15.3. The van der Waals surface area contributed by atoms with Gasteiger partial charge in [0.05, 0.1) is 6.67 Å². The summed E-state index contributed by atoms with van der Waals surface area (Å²) in [6.45, 7) is 2.31. The molecule has 0 bridgehead atoms. The minimum absolute atomic E-state index is 0.0982. The zero-order valence-electron chi connectivity index (χ0n) is 14.0. The summed E-state index contributed by atoms with van der Waals surface area (Å²) in [5, 5.41) is 0. The van der Waals surface area contributed by atoms with E-state index in [1.54, 1.807) is 0 Å². The maximum atomic E-state index is 13.0. The van der Waals surface area contributed by atoms with Crippen LogP contribution in [-0.4, -0.2) is 13.0 Å². The molecule has 0 radical (unpaired) electrons. The Morgan fingerprint density at radius 3 is 2.59 bits per heavy atom. The molecule has 0 aromatic carbocycles. The van der Waals surface area contributed by atoms with Gasteiger partial charge < -0.3 is 4.79 Å². The van der Waals surface area contributed by atoms with Crippen LogP contribution in [-0.2, 0) is 4.79 Å². The van der Waals surface area contributed by atoms with Crippen molar-refractivity contribution in [1.29, 1.82) is 0 Å². The number of alkyl halides is 1. The normalized spacial score (nSPS) is 54.2. The van der Waals surface area contributed by atoms with Gasteiger partial charge in [0.15, 0.2) is 0 Å². The standard InChI is InChI=1S/C20H31FO/c1-20-9-8-17-16-5-2-13(11-21)10-14(16)3-6-18(17)19(20)7-4-15(20)12-22/h12-19H,2-11H2,1H3. The molecule has 2 heteroatoms. The summed E-state index contributed by atoms with van der Waals surface area (Å²) in [4.78, 5) is 11.5. The SMILES string of the molecule is CC12CCC3C4CCC(CF)CC4CCC3C1CCC2C=O. The van der Waals surface area contributed by atoms with Gasteiger partial charge in [0.2, 0.25) is 0 Å². The third-order valence-corrected chi connectivity index (χ3v) is 8.52. The molecule has 22 heavy (non-hydrogen) atoms. The molecular weight excluding hydrogens is 275 g/mol. The quantitative estimate of drug-likeness (QED) is 0.653. The first-order valence-electron chi connectivity index (χ1n) is 9.68. The molecule has 0 heterocycles. The maximum Gasteiger partial charge on any atom is 0.123 e. The van der Waals surface area contributed by atoms with E-state index in [0.717, 1.165) is 48.9 Å². The van der Waals surface area contributed by atoms with Gasteiger partial charge in [0.25, 0.3) is 0 Å². The molecular formula is C20H31FO. The van der Waals surface area contributed by atoms with Gasteiger partial charge in [-0.05, 0) is 98.7 Å². The minimum atomic E-state index is -0.0982. The van der Waals surface area contributed by atoms with Crippen molar-refractivity contribution in [2.75, 3.05) is 6.67 Å². The maximum absolute atomic E-state index is 13.0. The highest BCUT2D eigenvalue weighted by Crippen LogP contribution is 2.64. The van der Waals surface area contributed by atoms with Crippen LogP contribution in [0.15, 0.2) is 0 Å². The van der Waals surface area contributed by atoms with Crippen LogP contribution in [0, 0.1) is 46.8 Å². The lowest BCUT2D eigenvalue weighted by Gasteiger charge is -2.56. The number of rotatable bonds is 2. The van der Waals surface area contributed by atoms with Crippen molar-refractivity contribution in [3.63, 3.8) is 0 Å². The molecule has 4 saturated carbocycles. The van der Waals surface area contributed by atoms with E-state index >= 15 is 0 Å². The van der Waals surface area contributed by atoms with Gasteiger partial charge in [-0.25, -0.2) is 0 Å². The van der Waals surface area contributed by atoms with Crippen molar-refractivity contribution in [2.24, 2.45) is 46.8 Å². The topological polar surface area (TPSA) is 17.1 Å². The van der Waals surface area contributed by atoms with E-state index in [1.807, 2.05) is 0 Å². The molecule has 0 spiro atoms. The largest absolute Gasteiger partial charge is 0.303 e. The van der Waals surface area contributed by atoms with Crippen molar-refractivity contribution in [3.05, 3.63) is 0 Å². The van der Waals surface area contributed by atoms with Crippen LogP contribution >= 0.6 is 0 Å². The molecule has 8 atom stereocenters. The molecule has 0 aliphatic heterocycles. The Hall–Kier alpha value is -0.400. The molecule has 1 nitrogen and oxygen atoms in total. The van der Waals surface area contributed by atoms with Crippen LogP contribution in [0.1, 0.15) is 64.7 Å². The van der Waals surface area contributed by atoms with Gasteiger partial charge in [-0.1, -0.05) is 6.92 Å². The van der Waals surface area contributed by atoms with Crippen molar-refractivity contribution >= 4 is 6.29 Å². The van der Waals surface area contributed by atoms with Crippen LogP contribution < -0.4 is 0 Å². The van der Waals surface area contributed by atoms with Gasteiger partial charge >= 0.3 is 0 Å². The summed E-state index contributed by atoms with van der Waals surface area (Å²) in [5.74, 6) is 4.91. The van der Waals surface area contributed by atoms with E-state index in [1.165, 1.54) is 44.8 Å². The Kier molecular flexibility index (Phi) is 3.85. The predicted molar refractivity (Wildman–Crippen MR) is 86.1 cm³/mol. The second kappa shape index (κ2) is 5.60. The summed E-state index contributed by atoms with van der Waals surface area (Å²) in [6, 6.07) is 0. The number of fused-ring (bicyclic) bond motifs is 5. The number of carbonyl (C=O) groups is 1. The Bertz CT molecular complexity index is 435. The Morgan fingerprint density at radius 1 is 1.00 bits per heavy atom. The molecule has 8 unspecified atom stereocenters. The van der Waals surface area contributed by atoms with Crippen LogP contribution in [0.3, 0.4) is 0 Å². The van der Waals surface area contributed by atoms with E-state index in [-0.39, 0.29) is 6.67 Å². The first-order valence-corrected chi connectivity index (χ1v) is 9.68. The highest BCUT2D eigenvalue weighted by Gasteiger charge is 2.56. The molecule has 4 fully saturated rings. The first kappa shape index (κ1) is 15.1. The van der Waals surface area contributed by atoms with Gasteiger partial charge in [0, 0.05) is 5.92 Å². The van der Waals surface area contributed by atoms with Gasteiger partial charge in [-0.2, -0.15) is 0 Å². The first-order chi connectivity index (χ1) is 10.7. The molecule has 0 amide bonds. The van der Waals surface area contributed by atoms with Crippen LogP contribution in [0.2, 0.25) is 0 Å². The summed E-state index contributed by atoms with van der Waals surface area (Å²) in [6.07, 6.45) is 12.5. The highest BCUT2D eigenvalue weighted by molar-refractivity contribution is 5.56. The number of aldehydes is 1. The van der Waals surface area contributed by atoms with Gasteiger partial charge in [0.1, 0.15) is 6.29 Å². The van der Waals surface area contributed by atoms with Crippen molar-refractivity contribution in [1.82, 2.24) is 0 Å². The van der Waals surface area contributed by atoms with E-state index in [4.69, 9.17) is 0 Å². The van der Waals surface area contributed by atoms with E-state index < -0.39 is 0 Å². The zero-order valence-corrected chi connectivity index (χ0v) is 14.0. The Morgan fingerprint density at radius 2 is 1.82 bits per heavy atom. The van der Waals surface area contributed by atoms with E-state index in [0.29, 0.717) is 17.3 Å². The second-order valence-corrected chi connectivity index (χ2v) is 9.13. The fourth-order valence-corrected chi connectivity index (χ4v) is 7.35. The average molecular weight is 306 g/mol. The third-order valence-electron chi connectivity index (χ3n) is 8.52. The average Bonchev–Trinajstić information content (AvgIpc) is 2.90. The third kappa shape index (κ3) is 2.12. The summed E-state index contributed by atoms with van der Waals surface area (Å²) < 4.78 is 13.0.